The van der Waals surface area contributed by atoms with E-state index in [0.717, 1.165) is 12.1 Å². The summed E-state index contributed by atoms with van der Waals surface area (Å²) in [4.78, 5) is 12.4. The molecule has 0 saturated heterocycles. The average molecular weight is 520 g/mol. The number of benzene rings is 2. The van der Waals surface area contributed by atoms with E-state index in [-0.39, 0.29) is 51.8 Å². The molecule has 2 aromatic rings. The van der Waals surface area contributed by atoms with Gasteiger partial charge in [0.05, 0.1) is 26.3 Å². The van der Waals surface area contributed by atoms with Crippen LogP contribution in [0, 0.1) is 23.6 Å². The van der Waals surface area contributed by atoms with E-state index in [1.165, 1.54) is 12.1 Å². The normalized spacial score (nSPS) is 28.8. The van der Waals surface area contributed by atoms with Crippen LogP contribution < -0.4 is 5.32 Å². The Kier molecular flexibility index (Phi) is 6.02. The molecule has 3 saturated carbocycles. The number of aliphatic hydroxyl groups is 1. The summed E-state index contributed by atoms with van der Waals surface area (Å²) in [5.41, 5.74) is -2.89. The smallest absolute Gasteiger partial charge is 0.390 e. The van der Waals surface area contributed by atoms with Gasteiger partial charge in [0, 0.05) is 11.3 Å². The average Bonchev–Trinajstić information content (AvgIpc) is 2.74. The number of alkyl halides is 3. The Morgan fingerprint density at radius 3 is 2.32 bits per heavy atom. The fourth-order valence-electron chi connectivity index (χ4n) is 5.39. The standard InChI is InChI=1S/C23H22ClF4NO4S/c1-11-15-9-14(10-16(11)22(15,2)31)34(32,33)20-7-12(3-5-18(20)24)21(30)29-13-4-6-19(25)17(8-13)23(26,27)28/h3-8,11,14-16,31H,9-10H2,1-2H3,(H,29,30). The van der Waals surface area contributed by atoms with Crippen molar-refractivity contribution >= 4 is 33.0 Å². The second-order valence-electron chi connectivity index (χ2n) is 9.23. The molecule has 0 heterocycles. The zero-order valence-electron chi connectivity index (χ0n) is 18.2. The zero-order chi connectivity index (χ0) is 25.2. The fourth-order valence-corrected chi connectivity index (χ4v) is 7.74. The Labute approximate surface area is 199 Å². The van der Waals surface area contributed by atoms with Gasteiger partial charge in [0.2, 0.25) is 0 Å². The van der Waals surface area contributed by atoms with Crippen LogP contribution in [0.1, 0.15) is 42.6 Å². The van der Waals surface area contributed by atoms with Crippen LogP contribution in [0.5, 0.6) is 0 Å². The second kappa shape index (κ2) is 8.20. The van der Waals surface area contributed by atoms with Gasteiger partial charge in [-0.1, -0.05) is 18.5 Å². The zero-order valence-corrected chi connectivity index (χ0v) is 19.7. The quantitative estimate of drug-likeness (QED) is 0.536. The van der Waals surface area contributed by atoms with Crippen molar-refractivity contribution in [3.05, 3.63) is 58.4 Å². The molecule has 1 amide bonds. The first kappa shape index (κ1) is 24.9. The van der Waals surface area contributed by atoms with Gasteiger partial charge >= 0.3 is 6.18 Å². The maximum atomic E-state index is 13.5. The summed E-state index contributed by atoms with van der Waals surface area (Å²) in [5, 5.41) is 11.9. The topological polar surface area (TPSA) is 83.5 Å². The molecule has 0 spiro atoms. The van der Waals surface area contributed by atoms with Crippen LogP contribution in [0.4, 0.5) is 23.2 Å². The minimum Gasteiger partial charge on any atom is -0.390 e. The van der Waals surface area contributed by atoms with Gasteiger partial charge in [-0.2, -0.15) is 13.2 Å². The number of carbonyl (C=O) groups is 1. The fraction of sp³-hybridized carbons (Fsp3) is 0.435. The summed E-state index contributed by atoms with van der Waals surface area (Å²) in [6, 6.07) is 5.58. The SMILES string of the molecule is CC1C2CC(S(=O)(=O)c3cc(C(=O)Nc4ccc(F)c(C(F)(F)F)c4)ccc3Cl)CC1C2(C)O. The first-order valence-electron chi connectivity index (χ1n) is 10.6. The number of sulfone groups is 1. The lowest BCUT2D eigenvalue weighted by Crippen LogP contribution is -2.65. The molecule has 3 aliphatic rings. The van der Waals surface area contributed by atoms with Crippen molar-refractivity contribution < 1.29 is 35.9 Å². The van der Waals surface area contributed by atoms with Gasteiger partial charge < -0.3 is 10.4 Å². The number of rotatable bonds is 4. The molecule has 5 nitrogen and oxygen atoms in total. The second-order valence-corrected chi connectivity index (χ2v) is 11.8. The lowest BCUT2D eigenvalue weighted by molar-refractivity contribution is -0.204. The minimum absolute atomic E-state index is 0.0863. The summed E-state index contributed by atoms with van der Waals surface area (Å²) in [6.07, 6.45) is -4.43. The Morgan fingerprint density at radius 1 is 1.15 bits per heavy atom. The lowest BCUT2D eigenvalue weighted by Gasteiger charge is -2.61. The molecule has 34 heavy (non-hydrogen) atoms. The van der Waals surface area contributed by atoms with Gasteiger partial charge in [-0.15, -0.1) is 0 Å². The monoisotopic (exact) mass is 519 g/mol. The van der Waals surface area contributed by atoms with Crippen LogP contribution in [-0.2, 0) is 16.0 Å². The Bertz CT molecular complexity index is 1250. The number of nitrogens with one attached hydrogen (secondary N) is 1. The van der Waals surface area contributed by atoms with E-state index in [9.17, 15) is 35.9 Å². The van der Waals surface area contributed by atoms with Gasteiger partial charge in [0.25, 0.3) is 5.91 Å². The first-order chi connectivity index (χ1) is 15.6. The number of hydrogen-bond acceptors (Lipinski definition) is 4. The molecule has 0 aliphatic heterocycles. The van der Waals surface area contributed by atoms with Crippen molar-refractivity contribution in [3.8, 4) is 0 Å². The lowest BCUT2D eigenvalue weighted by atomic mass is 9.48. The molecule has 2 N–H and O–H groups in total. The number of hydrogen-bond donors (Lipinski definition) is 2. The summed E-state index contributed by atoms with van der Waals surface area (Å²) < 4.78 is 79.1. The third kappa shape index (κ3) is 4.09. The molecular formula is C23H22ClF4NO4S. The summed E-state index contributed by atoms with van der Waals surface area (Å²) >= 11 is 6.16. The van der Waals surface area contributed by atoms with E-state index in [0.29, 0.717) is 12.1 Å². The van der Waals surface area contributed by atoms with Gasteiger partial charge in [-0.25, -0.2) is 12.8 Å². The molecule has 2 atom stereocenters. The summed E-state index contributed by atoms with van der Waals surface area (Å²) in [7, 11) is -3.95. The van der Waals surface area contributed by atoms with Crippen LogP contribution >= 0.6 is 11.6 Å². The van der Waals surface area contributed by atoms with Crippen molar-refractivity contribution in [1.29, 1.82) is 0 Å². The van der Waals surface area contributed by atoms with E-state index in [4.69, 9.17) is 11.6 Å². The van der Waals surface area contributed by atoms with Crippen molar-refractivity contribution in [2.24, 2.45) is 17.8 Å². The van der Waals surface area contributed by atoms with Crippen LogP contribution in [0.3, 0.4) is 0 Å². The molecule has 0 radical (unpaired) electrons. The molecular weight excluding hydrogens is 498 g/mol. The van der Waals surface area contributed by atoms with Gasteiger partial charge in [0.1, 0.15) is 5.82 Å². The van der Waals surface area contributed by atoms with Crippen molar-refractivity contribution in [2.45, 2.75) is 48.6 Å². The Hall–Kier alpha value is -2.17. The predicted octanol–water partition coefficient (Wildman–Crippen LogP) is 5.32. The van der Waals surface area contributed by atoms with E-state index >= 15 is 0 Å². The van der Waals surface area contributed by atoms with E-state index in [1.807, 2.05) is 6.92 Å². The highest BCUT2D eigenvalue weighted by Gasteiger charge is 2.61. The van der Waals surface area contributed by atoms with Crippen molar-refractivity contribution in [1.82, 2.24) is 0 Å². The van der Waals surface area contributed by atoms with E-state index < -0.39 is 44.2 Å². The number of fused-ring (bicyclic) bond motifs is 2. The third-order valence-corrected chi connectivity index (χ3v) is 9.93. The van der Waals surface area contributed by atoms with E-state index in [2.05, 4.69) is 5.32 Å². The first-order valence-corrected chi connectivity index (χ1v) is 12.5. The summed E-state index contributed by atoms with van der Waals surface area (Å²) in [6.45, 7) is 3.69. The Morgan fingerprint density at radius 2 is 1.76 bits per heavy atom. The molecule has 11 heteroatoms. The number of anilines is 1. The van der Waals surface area contributed by atoms with Crippen LogP contribution in [0.25, 0.3) is 0 Å². The van der Waals surface area contributed by atoms with E-state index in [1.54, 1.807) is 6.92 Å². The van der Waals surface area contributed by atoms with Crippen LogP contribution in [0.15, 0.2) is 41.3 Å². The number of carbonyl (C=O) groups excluding carboxylic acids is 1. The van der Waals surface area contributed by atoms with Gasteiger partial charge in [-0.05, 0) is 73.9 Å². The Balaban J connectivity index is 1.59. The molecule has 3 aliphatic carbocycles. The molecule has 3 fully saturated rings. The highest BCUT2D eigenvalue weighted by Crippen LogP contribution is 2.59. The molecule has 2 unspecified atom stereocenters. The highest BCUT2D eigenvalue weighted by atomic mass is 35.5. The molecule has 2 bridgehead atoms. The summed E-state index contributed by atoms with van der Waals surface area (Å²) in [5.74, 6) is -2.50. The minimum atomic E-state index is -4.95. The van der Waals surface area contributed by atoms with Crippen LogP contribution in [-0.4, -0.2) is 30.3 Å². The molecule has 0 aromatic heterocycles. The predicted molar refractivity (Wildman–Crippen MR) is 118 cm³/mol. The molecule has 184 valence electrons. The highest BCUT2D eigenvalue weighted by molar-refractivity contribution is 7.92. The molecule has 5 rings (SSSR count). The van der Waals surface area contributed by atoms with Crippen molar-refractivity contribution in [3.63, 3.8) is 0 Å². The maximum absolute atomic E-state index is 13.5. The maximum Gasteiger partial charge on any atom is 0.419 e. The number of amides is 1. The van der Waals surface area contributed by atoms with Gasteiger partial charge in [0.15, 0.2) is 9.84 Å². The van der Waals surface area contributed by atoms with Crippen LogP contribution in [0.2, 0.25) is 5.02 Å². The largest absolute Gasteiger partial charge is 0.419 e. The third-order valence-electron chi connectivity index (χ3n) is 7.27. The number of halogens is 5. The van der Waals surface area contributed by atoms with Gasteiger partial charge in [-0.3, -0.25) is 4.79 Å². The van der Waals surface area contributed by atoms with Crippen molar-refractivity contribution in [2.75, 3.05) is 5.32 Å². The molecule has 2 aromatic carbocycles.